The monoisotopic (exact) mass is 216 g/mol. The first kappa shape index (κ1) is 13.6. The van der Waals surface area contributed by atoms with Crippen molar-refractivity contribution in [3.63, 3.8) is 0 Å². The summed E-state index contributed by atoms with van der Waals surface area (Å²) in [4.78, 5) is 0. The minimum atomic E-state index is -3.67. The van der Waals surface area contributed by atoms with Crippen molar-refractivity contribution in [1.29, 1.82) is 0 Å². The Morgan fingerprint density at radius 1 is 1.15 bits per heavy atom. The van der Waals surface area contributed by atoms with Crippen LogP contribution in [0.2, 0.25) is 0 Å². The molecule has 0 bridgehead atoms. The Labute approximate surface area is 109 Å². The quantitative estimate of drug-likeness (QED) is 0.499. The normalized spacial score (nSPS) is 8.77. The first-order chi connectivity index (χ1) is 6.07. The maximum absolute atomic E-state index is 12.6. The van der Waals surface area contributed by atoms with E-state index in [4.69, 9.17) is 0 Å². The minimum absolute atomic E-state index is 0.0503. The molecular weight excluding hydrogens is 210 g/mol. The van der Waals surface area contributed by atoms with E-state index >= 15 is 0 Å². The van der Waals surface area contributed by atoms with Gasteiger partial charge in [-0.15, -0.1) is 0 Å². The van der Waals surface area contributed by atoms with Crippen LogP contribution in [0.3, 0.4) is 0 Å². The zero-order chi connectivity index (χ0) is 10.3. The van der Waals surface area contributed by atoms with Gasteiger partial charge >= 0.3 is 97.0 Å². The molecule has 6 heteroatoms. The molecule has 0 heterocycles. The van der Waals surface area contributed by atoms with Crippen LogP contribution in [0.15, 0.2) is 24.3 Å². The molecule has 0 aromatic heterocycles. The van der Waals surface area contributed by atoms with E-state index < -0.39 is 7.54 Å². The molecule has 0 atom stereocenters. The van der Waals surface area contributed by atoms with Crippen LogP contribution in [-0.4, -0.2) is 56.5 Å². The van der Waals surface area contributed by atoms with E-state index in [9.17, 15) is 17.3 Å². The number of benzene rings is 1. The van der Waals surface area contributed by atoms with Gasteiger partial charge in [0.05, 0.1) is 0 Å². The van der Waals surface area contributed by atoms with Gasteiger partial charge < -0.3 is 0 Å². The summed E-state index contributed by atoms with van der Waals surface area (Å²) >= 11 is 0.717. The van der Waals surface area contributed by atoms with Gasteiger partial charge in [0, 0.05) is 0 Å². The van der Waals surface area contributed by atoms with E-state index in [2.05, 4.69) is 0 Å². The fourth-order valence-electron chi connectivity index (χ4n) is 0.785. The number of hydrogen-bond acceptors (Lipinski definition) is 0. The first-order valence-electron chi connectivity index (χ1n) is 3.73. The molecule has 0 aliphatic heterocycles. The van der Waals surface area contributed by atoms with Crippen LogP contribution >= 0.6 is 0 Å². The van der Waals surface area contributed by atoms with Gasteiger partial charge in [-0.3, -0.25) is 12.9 Å². The van der Waals surface area contributed by atoms with Crippen molar-refractivity contribution in [2.75, 3.05) is 0 Å². The van der Waals surface area contributed by atoms with E-state index in [1.807, 2.05) is 12.1 Å². The van der Waals surface area contributed by atoms with Gasteiger partial charge in [0.1, 0.15) is 0 Å². The predicted octanol–water partition coefficient (Wildman–Crippen LogP) is 2.37. The Hall–Kier alpha value is 0.641. The van der Waals surface area contributed by atoms with Crippen LogP contribution in [0.25, 0.3) is 0 Å². The van der Waals surface area contributed by atoms with Gasteiger partial charge in [-0.1, -0.05) is 0 Å². The third-order valence-electron chi connectivity index (χ3n) is 1.34. The molecule has 66 valence electrons. The van der Waals surface area contributed by atoms with Gasteiger partial charge in [-0.25, -0.2) is 0 Å². The molecule has 0 spiro atoms. The van der Waals surface area contributed by atoms with Crippen molar-refractivity contribution in [2.24, 2.45) is 0 Å². The van der Waals surface area contributed by atoms with Crippen molar-refractivity contribution >= 4 is 56.5 Å². The Bertz CT molecular complexity index is 241. The molecule has 0 nitrogen and oxygen atoms in total. The summed E-state index contributed by atoms with van der Waals surface area (Å²) in [5, 5.41) is 0. The van der Waals surface area contributed by atoms with Crippen LogP contribution in [0.4, 0.5) is 17.3 Å². The fourth-order valence-corrected chi connectivity index (χ4v) is 1.68. The van der Waals surface area contributed by atoms with Gasteiger partial charge in [0.25, 0.3) is 0 Å². The van der Waals surface area contributed by atoms with Gasteiger partial charge in [-0.05, 0) is 0 Å². The fraction of sp³-hybridized carbons (Fsp3) is 0.143. The number of hydrogen-bond donors (Lipinski definition) is 0. The molecule has 0 aliphatic carbocycles. The molecule has 0 unspecified atom stereocenters. The first-order valence-corrected chi connectivity index (χ1v) is 5.94. The third kappa shape index (κ3) is 7.69. The Morgan fingerprint density at radius 3 is 1.92 bits per heavy atom. The standard InChI is InChI=1S/C7H6F.BF3.K/c1-6-4-2-3-5-7(6)8;2-1(3)4;/h2-5H,1H2;;. The summed E-state index contributed by atoms with van der Waals surface area (Å²) < 4.78 is 42.6. The Morgan fingerprint density at radius 2 is 1.62 bits per heavy atom. The van der Waals surface area contributed by atoms with E-state index in [1.165, 1.54) is 6.07 Å². The van der Waals surface area contributed by atoms with E-state index in [0.29, 0.717) is 0 Å². The molecule has 0 radical (unpaired) electrons. The topological polar surface area (TPSA) is 0 Å². The van der Waals surface area contributed by atoms with Crippen LogP contribution in [0, 0.1) is 5.82 Å². The third-order valence-corrected chi connectivity index (χ3v) is 2.53. The second kappa shape index (κ2) is 7.99. The Balaban J connectivity index is 0.000000310. The number of rotatable bonds is 1. The van der Waals surface area contributed by atoms with Gasteiger partial charge in [0.2, 0.25) is 0 Å². The van der Waals surface area contributed by atoms with E-state index in [1.54, 1.807) is 6.07 Å². The van der Waals surface area contributed by atoms with Crippen LogP contribution in [0.1, 0.15) is 5.56 Å². The summed E-state index contributed by atoms with van der Waals surface area (Å²) in [6.45, 7) is 0. The zero-order valence-electron chi connectivity index (χ0n) is 7.11. The summed E-state index contributed by atoms with van der Waals surface area (Å²) in [6.07, 6.45) is 0. The molecular formula is C7H6BF4K. The second-order valence-electron chi connectivity index (χ2n) is 2.19. The molecule has 1 rings (SSSR count). The number of halogens is 4. The molecule has 0 saturated heterocycles. The molecule has 13 heavy (non-hydrogen) atoms. The molecule has 1 aromatic rings. The summed E-state index contributed by atoms with van der Waals surface area (Å²) in [7, 11) is -3.67. The van der Waals surface area contributed by atoms with Gasteiger partial charge in [-0.2, -0.15) is 0 Å². The maximum atomic E-state index is 12.6. The molecule has 0 saturated carbocycles. The van der Waals surface area contributed by atoms with Crippen molar-refractivity contribution in [2.45, 2.75) is 0.515 Å². The average molecular weight is 216 g/mol. The molecule has 0 N–H and O–H groups in total. The van der Waals surface area contributed by atoms with Crippen LogP contribution < -0.4 is 0 Å². The zero-order valence-corrected chi connectivity index (χ0v) is 10.2. The molecule has 0 aliphatic rings. The second-order valence-corrected chi connectivity index (χ2v) is 3.30. The van der Waals surface area contributed by atoms with Crippen molar-refractivity contribution < 1.29 is 17.3 Å². The summed E-state index contributed by atoms with van der Waals surface area (Å²) in [5.41, 5.74) is 0.873. The summed E-state index contributed by atoms with van der Waals surface area (Å²) in [5.74, 6) is -0.0503. The van der Waals surface area contributed by atoms with Crippen molar-refractivity contribution in [3.05, 3.63) is 35.6 Å². The van der Waals surface area contributed by atoms with Crippen molar-refractivity contribution in [1.82, 2.24) is 0 Å². The molecule has 0 fully saturated rings. The van der Waals surface area contributed by atoms with Crippen molar-refractivity contribution in [3.8, 4) is 0 Å². The molecule has 0 amide bonds. The summed E-state index contributed by atoms with van der Waals surface area (Å²) in [6, 6.07) is 6.97. The predicted molar refractivity (Wildman–Crippen MR) is 44.9 cm³/mol. The Kier molecular flexibility index (Phi) is 8.39. The van der Waals surface area contributed by atoms with Crippen LogP contribution in [0.5, 0.6) is 0 Å². The average Bonchev–Trinajstić information content (AvgIpc) is 2.04. The van der Waals surface area contributed by atoms with E-state index in [0.717, 1.165) is 55.0 Å². The van der Waals surface area contributed by atoms with Gasteiger partial charge in [0.15, 0.2) is 0 Å². The SMILES string of the molecule is FB(F)F.Fc1ccccc1[CH2][K]. The van der Waals surface area contributed by atoms with Crippen LogP contribution in [-0.2, 0) is 0.515 Å². The molecule has 1 aromatic carbocycles. The van der Waals surface area contributed by atoms with E-state index in [-0.39, 0.29) is 5.82 Å².